The lowest BCUT2D eigenvalue weighted by Gasteiger charge is -2.34. The Balaban J connectivity index is 1.60. The smallest absolute Gasteiger partial charge is 0.270 e. The Bertz CT molecular complexity index is 1580. The van der Waals surface area contributed by atoms with Crippen molar-refractivity contribution in [3.63, 3.8) is 0 Å². The average Bonchev–Trinajstić information content (AvgIpc) is 3.33. The first kappa shape index (κ1) is 30.6. The highest BCUT2D eigenvalue weighted by Crippen LogP contribution is 2.39. The molecule has 1 aliphatic heterocycles. The summed E-state index contributed by atoms with van der Waals surface area (Å²) in [7, 11) is 0.470. The summed E-state index contributed by atoms with van der Waals surface area (Å²) in [4.78, 5) is 39.8. The van der Waals surface area contributed by atoms with Gasteiger partial charge in [-0.25, -0.2) is 8.42 Å². The van der Waals surface area contributed by atoms with Gasteiger partial charge in [0.15, 0.2) is 6.10 Å². The van der Waals surface area contributed by atoms with Crippen LogP contribution < -0.4 is 25.0 Å². The Kier molecular flexibility index (Phi) is 9.44. The second-order valence-electron chi connectivity index (χ2n) is 8.87. The molecule has 0 bridgehead atoms. The number of sulfonamides is 1. The zero-order valence-corrected chi connectivity index (χ0v) is 25.3. The van der Waals surface area contributed by atoms with E-state index in [1.54, 1.807) is 23.6 Å². The largest absolute Gasteiger partial charge is 0.497 e. The van der Waals surface area contributed by atoms with Crippen LogP contribution in [0.15, 0.2) is 52.7 Å². The minimum Gasteiger partial charge on any atom is -0.497 e. The minimum absolute atomic E-state index is 0.0617. The van der Waals surface area contributed by atoms with E-state index in [0.717, 1.165) is 15.6 Å². The number of anilines is 1. The molecule has 0 fully saturated rings. The molecular weight excluding hydrogens is 615 g/mol. The Morgan fingerprint density at radius 1 is 1.17 bits per heavy atom. The number of carbonyl (C=O) groups excluding carboxylic acids is 3. The molecule has 0 saturated carbocycles. The van der Waals surface area contributed by atoms with Gasteiger partial charge in [-0.15, -0.1) is 11.3 Å². The molecule has 2 aromatic carbocycles. The summed E-state index contributed by atoms with van der Waals surface area (Å²) in [6, 6.07) is 10.6. The highest BCUT2D eigenvalue weighted by molar-refractivity contribution is 7.89. The number of amides is 3. The Labute approximate surface area is 251 Å². The van der Waals surface area contributed by atoms with Crippen LogP contribution in [0, 0.1) is 0 Å². The molecule has 1 atom stereocenters. The highest BCUT2D eigenvalue weighted by Gasteiger charge is 2.36. The fourth-order valence-corrected chi connectivity index (χ4v) is 6.52. The molecule has 41 heavy (non-hydrogen) atoms. The molecule has 1 aromatic heterocycles. The summed E-state index contributed by atoms with van der Waals surface area (Å²) in [6.07, 6.45) is -1.11. The average molecular weight is 642 g/mol. The van der Waals surface area contributed by atoms with Gasteiger partial charge in [-0.3, -0.25) is 19.3 Å². The normalized spacial score (nSPS) is 14.7. The number of nitrogens with zero attached hydrogens (tertiary/aromatic N) is 2. The second-order valence-corrected chi connectivity index (χ2v) is 12.6. The minimum atomic E-state index is -3.86. The van der Waals surface area contributed by atoms with Gasteiger partial charge < -0.3 is 20.1 Å². The quantitative estimate of drug-likeness (QED) is 0.367. The number of fused-ring (bicyclic) bond motifs is 1. The van der Waals surface area contributed by atoms with E-state index in [-0.39, 0.29) is 40.2 Å². The molecule has 0 radical (unpaired) electrons. The van der Waals surface area contributed by atoms with Gasteiger partial charge in [0.05, 0.1) is 35.8 Å². The van der Waals surface area contributed by atoms with E-state index in [1.807, 2.05) is 0 Å². The maximum Gasteiger partial charge on any atom is 0.270 e. The zero-order chi connectivity index (χ0) is 29.9. The van der Waals surface area contributed by atoms with Crippen LogP contribution in [0.4, 0.5) is 5.69 Å². The van der Waals surface area contributed by atoms with E-state index in [4.69, 9.17) is 32.7 Å². The standard InChI is InChI=1S/C26H26Cl2N4O7S2/c1-29-22(33)11-30-25(34)21-13-32(19-10-17(38-3)6-9-20(19)39-21)26(35)24-23(28)15(14-40-24)12-31(2)41(36,37)18-7-4-16(27)5-8-18/h4-10,14,21H,11-13H2,1-3H3,(H,29,33)(H,30,34). The van der Waals surface area contributed by atoms with Crippen molar-refractivity contribution in [3.05, 3.63) is 68.3 Å². The topological polar surface area (TPSA) is 134 Å². The Morgan fingerprint density at radius 2 is 1.88 bits per heavy atom. The third-order valence-corrected chi connectivity index (χ3v) is 9.85. The van der Waals surface area contributed by atoms with E-state index >= 15 is 0 Å². The molecule has 0 aliphatic carbocycles. The molecule has 2 N–H and O–H groups in total. The van der Waals surface area contributed by atoms with E-state index in [1.165, 1.54) is 50.4 Å². The lowest BCUT2D eigenvalue weighted by molar-refractivity contribution is -0.130. The van der Waals surface area contributed by atoms with Crippen LogP contribution in [0.25, 0.3) is 0 Å². The van der Waals surface area contributed by atoms with Gasteiger partial charge in [0.2, 0.25) is 15.9 Å². The van der Waals surface area contributed by atoms with E-state index in [2.05, 4.69) is 10.6 Å². The van der Waals surface area contributed by atoms with Gasteiger partial charge in [-0.2, -0.15) is 4.31 Å². The molecule has 15 heteroatoms. The molecule has 4 rings (SSSR count). The van der Waals surface area contributed by atoms with Crippen molar-refractivity contribution in [2.45, 2.75) is 17.5 Å². The van der Waals surface area contributed by atoms with E-state index in [9.17, 15) is 22.8 Å². The van der Waals surface area contributed by atoms with Gasteiger partial charge in [0.1, 0.15) is 16.4 Å². The lowest BCUT2D eigenvalue weighted by atomic mass is 10.1. The fourth-order valence-electron chi connectivity index (χ4n) is 3.95. The maximum absolute atomic E-state index is 13.8. The first-order valence-electron chi connectivity index (χ1n) is 12.1. The number of hydrogen-bond donors (Lipinski definition) is 2. The van der Waals surface area contributed by atoms with Crippen LogP contribution in [0.2, 0.25) is 10.0 Å². The SMILES string of the molecule is CNC(=O)CNC(=O)C1CN(C(=O)c2scc(CN(C)S(=O)(=O)c3ccc(Cl)cc3)c2Cl)c2cc(OC)ccc2O1. The van der Waals surface area contributed by atoms with Crippen molar-refractivity contribution in [1.29, 1.82) is 0 Å². The van der Waals surface area contributed by atoms with Crippen molar-refractivity contribution in [1.82, 2.24) is 14.9 Å². The van der Waals surface area contributed by atoms with Crippen LogP contribution in [-0.4, -0.2) is 70.8 Å². The summed E-state index contributed by atoms with van der Waals surface area (Å²) in [5.74, 6) is -0.781. The van der Waals surface area contributed by atoms with Crippen LogP contribution in [0.3, 0.4) is 0 Å². The summed E-state index contributed by atoms with van der Waals surface area (Å²) in [5.41, 5.74) is 0.789. The van der Waals surface area contributed by atoms with Crippen molar-refractivity contribution in [2.75, 3.05) is 39.2 Å². The lowest BCUT2D eigenvalue weighted by Crippen LogP contribution is -2.52. The third-order valence-electron chi connectivity index (χ3n) is 6.22. The van der Waals surface area contributed by atoms with E-state index in [0.29, 0.717) is 22.0 Å². The molecule has 1 aliphatic rings. The molecular formula is C26H26Cl2N4O7S2. The van der Waals surface area contributed by atoms with Gasteiger partial charge in [-0.05, 0) is 47.3 Å². The van der Waals surface area contributed by atoms with Gasteiger partial charge in [0.25, 0.3) is 11.8 Å². The molecule has 3 amide bonds. The predicted octanol–water partition coefficient (Wildman–Crippen LogP) is 3.15. The number of rotatable bonds is 9. The molecule has 3 aromatic rings. The number of halogens is 2. The van der Waals surface area contributed by atoms with Crippen molar-refractivity contribution in [2.24, 2.45) is 0 Å². The number of hydrogen-bond acceptors (Lipinski definition) is 8. The number of nitrogens with one attached hydrogen (secondary N) is 2. The van der Waals surface area contributed by atoms with Gasteiger partial charge in [0, 0.05) is 31.7 Å². The third kappa shape index (κ3) is 6.60. The fraction of sp³-hybridized carbons (Fsp3) is 0.269. The molecule has 0 spiro atoms. The summed E-state index contributed by atoms with van der Waals surface area (Å²) < 4.78 is 38.4. The van der Waals surface area contributed by atoms with Crippen LogP contribution in [0.1, 0.15) is 15.2 Å². The Hall–Kier alpha value is -3.36. The van der Waals surface area contributed by atoms with Crippen LogP contribution in [0.5, 0.6) is 11.5 Å². The monoisotopic (exact) mass is 640 g/mol. The van der Waals surface area contributed by atoms with Crippen molar-refractivity contribution < 1.29 is 32.3 Å². The number of benzene rings is 2. The second kappa shape index (κ2) is 12.7. The summed E-state index contributed by atoms with van der Waals surface area (Å²) in [6.45, 7) is -0.524. The van der Waals surface area contributed by atoms with Crippen molar-refractivity contribution >= 4 is 68.0 Å². The number of likely N-dealkylation sites (N-methyl/N-ethyl adjacent to an activating group) is 1. The van der Waals surface area contributed by atoms with Crippen LogP contribution in [-0.2, 0) is 26.2 Å². The van der Waals surface area contributed by atoms with E-state index < -0.39 is 33.8 Å². The zero-order valence-electron chi connectivity index (χ0n) is 22.1. The highest BCUT2D eigenvalue weighted by atomic mass is 35.5. The number of ether oxygens (including phenoxy) is 2. The molecule has 218 valence electrons. The van der Waals surface area contributed by atoms with Gasteiger partial charge >= 0.3 is 0 Å². The van der Waals surface area contributed by atoms with Crippen LogP contribution >= 0.6 is 34.5 Å². The maximum atomic E-state index is 13.8. The number of carbonyl (C=O) groups is 3. The summed E-state index contributed by atoms with van der Waals surface area (Å²) in [5, 5.41) is 7.02. The number of methoxy groups -OCH3 is 1. The molecule has 11 nitrogen and oxygen atoms in total. The Morgan fingerprint density at radius 3 is 2.54 bits per heavy atom. The first-order chi connectivity index (χ1) is 19.5. The first-order valence-corrected chi connectivity index (χ1v) is 15.2. The van der Waals surface area contributed by atoms with Crippen molar-refractivity contribution in [3.8, 4) is 11.5 Å². The predicted molar refractivity (Wildman–Crippen MR) is 156 cm³/mol. The van der Waals surface area contributed by atoms with Gasteiger partial charge in [-0.1, -0.05) is 23.2 Å². The summed E-state index contributed by atoms with van der Waals surface area (Å²) >= 11 is 13.6. The molecule has 2 heterocycles. The number of thiophene rings is 1. The molecule has 0 saturated heterocycles. The molecule has 1 unspecified atom stereocenters.